The fourth-order valence-electron chi connectivity index (χ4n) is 3.40. The number of carbonyl (C=O) groups is 1. The third kappa shape index (κ3) is 2.68. The quantitative estimate of drug-likeness (QED) is 0.657. The highest BCUT2D eigenvalue weighted by molar-refractivity contribution is 5.75. The van der Waals surface area contributed by atoms with Crippen LogP contribution >= 0.6 is 0 Å². The summed E-state index contributed by atoms with van der Waals surface area (Å²) in [6.45, 7) is 0.115. The summed E-state index contributed by atoms with van der Waals surface area (Å²) in [7, 11) is 1.56. The normalized spacial score (nSPS) is 20.1. The Kier molecular flexibility index (Phi) is 4.26. The maximum Gasteiger partial charge on any atom is 0.231 e. The minimum Gasteiger partial charge on any atom is -0.493 e. The number of allylic oxidation sites excluding steroid dienone is 1. The number of hydrogen-bond donors (Lipinski definition) is 1. The van der Waals surface area contributed by atoms with Crippen LogP contribution < -0.4 is 18.9 Å². The van der Waals surface area contributed by atoms with Crippen molar-refractivity contribution < 1.29 is 28.8 Å². The van der Waals surface area contributed by atoms with Gasteiger partial charge in [-0.1, -0.05) is 12.1 Å². The molecule has 0 radical (unpaired) electrons. The van der Waals surface area contributed by atoms with Crippen molar-refractivity contribution in [2.24, 2.45) is 0 Å². The van der Waals surface area contributed by atoms with Crippen molar-refractivity contribution in [2.75, 3.05) is 20.5 Å². The molecule has 0 amide bonds. The molecule has 6 nitrogen and oxygen atoms in total. The van der Waals surface area contributed by atoms with Gasteiger partial charge >= 0.3 is 0 Å². The summed E-state index contributed by atoms with van der Waals surface area (Å²) < 4.78 is 22.4. The highest BCUT2D eigenvalue weighted by Crippen LogP contribution is 2.51. The van der Waals surface area contributed by atoms with Crippen LogP contribution in [0.3, 0.4) is 0 Å². The molecule has 4 rings (SSSR count). The maximum absolute atomic E-state index is 10.6. The Morgan fingerprint density at radius 1 is 1.23 bits per heavy atom. The van der Waals surface area contributed by atoms with E-state index in [2.05, 4.69) is 0 Å². The molecule has 2 aromatic rings. The van der Waals surface area contributed by atoms with Crippen molar-refractivity contribution in [3.8, 4) is 23.0 Å². The molecule has 1 N–H and O–H groups in total. The summed E-state index contributed by atoms with van der Waals surface area (Å²) in [4.78, 5) is 10.6. The summed E-state index contributed by atoms with van der Waals surface area (Å²) >= 11 is 0. The summed E-state index contributed by atoms with van der Waals surface area (Å²) in [5.74, 6) is 2.28. The van der Waals surface area contributed by atoms with Gasteiger partial charge in [0.2, 0.25) is 6.79 Å². The van der Waals surface area contributed by atoms with Gasteiger partial charge in [-0.15, -0.1) is 0 Å². The second-order valence-electron chi connectivity index (χ2n) is 6.08. The van der Waals surface area contributed by atoms with Crippen molar-refractivity contribution in [3.05, 3.63) is 53.1 Å². The van der Waals surface area contributed by atoms with E-state index in [0.29, 0.717) is 23.0 Å². The Morgan fingerprint density at radius 3 is 2.85 bits per heavy atom. The van der Waals surface area contributed by atoms with E-state index in [0.717, 1.165) is 23.0 Å². The summed E-state index contributed by atoms with van der Waals surface area (Å²) in [5, 5.41) is 10.0. The van der Waals surface area contributed by atoms with Crippen LogP contribution in [0, 0.1) is 0 Å². The summed E-state index contributed by atoms with van der Waals surface area (Å²) in [5.41, 5.74) is 2.54. The zero-order chi connectivity index (χ0) is 18.1. The fraction of sp³-hybridized carbons (Fsp3) is 0.250. The zero-order valence-electron chi connectivity index (χ0n) is 14.2. The molecule has 2 aliphatic rings. The standard InChI is InChI=1S/C20H18O6/c1-23-18-8-12(3-2-6-21)7-14-15(10-22)19(26-20(14)18)13-4-5-16-17(9-13)25-11-24-16/h2-9,15,19,22H,10-11H2,1H3/b3-2+/t15-,19+/m0/s1. The van der Waals surface area contributed by atoms with E-state index in [4.69, 9.17) is 18.9 Å². The predicted molar refractivity (Wildman–Crippen MR) is 93.9 cm³/mol. The average molecular weight is 354 g/mol. The minimum atomic E-state index is -0.372. The summed E-state index contributed by atoms with van der Waals surface area (Å²) in [6.07, 6.45) is 3.46. The van der Waals surface area contributed by atoms with Gasteiger partial charge in [0.1, 0.15) is 12.4 Å². The lowest BCUT2D eigenvalue weighted by molar-refractivity contribution is -0.104. The topological polar surface area (TPSA) is 74.2 Å². The molecule has 2 atom stereocenters. The van der Waals surface area contributed by atoms with Crippen molar-refractivity contribution in [2.45, 2.75) is 12.0 Å². The first kappa shape index (κ1) is 16.5. The molecule has 0 bridgehead atoms. The molecule has 0 saturated heterocycles. The number of aldehydes is 1. The molecular weight excluding hydrogens is 336 g/mol. The van der Waals surface area contributed by atoms with Crippen LogP contribution in [0.15, 0.2) is 36.4 Å². The molecular formula is C20H18O6. The predicted octanol–water partition coefficient (Wildman–Crippen LogP) is 2.85. The second-order valence-corrected chi connectivity index (χ2v) is 6.08. The SMILES string of the molecule is COc1cc(/C=C/C=O)cc2c1O[C@H](c1ccc3c(c1)OCO3)[C@H]2CO. The molecule has 0 unspecified atom stereocenters. The number of ether oxygens (including phenoxy) is 4. The third-order valence-electron chi connectivity index (χ3n) is 4.62. The van der Waals surface area contributed by atoms with Crippen LogP contribution in [0.4, 0.5) is 0 Å². The molecule has 0 saturated carbocycles. The summed E-state index contributed by atoms with van der Waals surface area (Å²) in [6, 6.07) is 9.34. The van der Waals surface area contributed by atoms with Gasteiger partial charge in [0.15, 0.2) is 23.0 Å². The van der Waals surface area contributed by atoms with Crippen molar-refractivity contribution in [1.29, 1.82) is 0 Å². The minimum absolute atomic E-state index is 0.0872. The molecule has 0 aliphatic carbocycles. The van der Waals surface area contributed by atoms with Crippen LogP contribution in [-0.4, -0.2) is 31.9 Å². The Labute approximate surface area is 150 Å². The molecule has 26 heavy (non-hydrogen) atoms. The van der Waals surface area contributed by atoms with Gasteiger partial charge in [-0.2, -0.15) is 0 Å². The molecule has 134 valence electrons. The van der Waals surface area contributed by atoms with Crippen LogP contribution in [0.2, 0.25) is 0 Å². The molecule has 6 heteroatoms. The lowest BCUT2D eigenvalue weighted by Gasteiger charge is -2.18. The van der Waals surface area contributed by atoms with E-state index in [1.165, 1.54) is 6.08 Å². The Balaban J connectivity index is 1.75. The monoisotopic (exact) mass is 354 g/mol. The van der Waals surface area contributed by atoms with Crippen molar-refractivity contribution >= 4 is 12.4 Å². The number of aliphatic hydroxyl groups excluding tert-OH is 1. The van der Waals surface area contributed by atoms with Gasteiger partial charge in [-0.25, -0.2) is 0 Å². The van der Waals surface area contributed by atoms with Crippen LogP contribution in [-0.2, 0) is 4.79 Å². The number of carbonyl (C=O) groups excluding carboxylic acids is 1. The van der Waals surface area contributed by atoms with E-state index in [1.807, 2.05) is 24.3 Å². The second kappa shape index (κ2) is 6.72. The first-order chi connectivity index (χ1) is 12.7. The lowest BCUT2D eigenvalue weighted by Crippen LogP contribution is -2.13. The maximum atomic E-state index is 10.6. The number of aliphatic hydroxyl groups is 1. The molecule has 0 aromatic heterocycles. The number of methoxy groups -OCH3 is 1. The molecule has 2 aliphatic heterocycles. The van der Waals surface area contributed by atoms with Gasteiger partial charge in [0.25, 0.3) is 0 Å². The van der Waals surface area contributed by atoms with E-state index in [1.54, 1.807) is 19.3 Å². The smallest absolute Gasteiger partial charge is 0.231 e. The number of benzene rings is 2. The van der Waals surface area contributed by atoms with Gasteiger partial charge < -0.3 is 24.1 Å². The van der Waals surface area contributed by atoms with Gasteiger partial charge in [-0.05, 0) is 41.5 Å². The Bertz CT molecular complexity index is 873. The van der Waals surface area contributed by atoms with Gasteiger partial charge in [0.05, 0.1) is 19.6 Å². The van der Waals surface area contributed by atoms with Crippen molar-refractivity contribution in [3.63, 3.8) is 0 Å². The number of fused-ring (bicyclic) bond motifs is 2. The average Bonchev–Trinajstić information content (AvgIpc) is 3.28. The lowest BCUT2D eigenvalue weighted by atomic mass is 9.90. The Morgan fingerprint density at radius 2 is 2.08 bits per heavy atom. The van der Waals surface area contributed by atoms with Crippen LogP contribution in [0.5, 0.6) is 23.0 Å². The number of rotatable bonds is 5. The van der Waals surface area contributed by atoms with E-state index in [-0.39, 0.29) is 25.4 Å². The van der Waals surface area contributed by atoms with E-state index < -0.39 is 0 Å². The highest BCUT2D eigenvalue weighted by Gasteiger charge is 2.38. The van der Waals surface area contributed by atoms with Crippen LogP contribution in [0.25, 0.3) is 6.08 Å². The van der Waals surface area contributed by atoms with Crippen LogP contribution in [0.1, 0.15) is 28.7 Å². The molecule has 2 aromatic carbocycles. The van der Waals surface area contributed by atoms with E-state index in [9.17, 15) is 9.90 Å². The number of hydrogen-bond acceptors (Lipinski definition) is 6. The third-order valence-corrected chi connectivity index (χ3v) is 4.62. The first-order valence-electron chi connectivity index (χ1n) is 8.26. The zero-order valence-corrected chi connectivity index (χ0v) is 14.2. The Hall–Kier alpha value is -2.99. The molecule has 0 fully saturated rings. The van der Waals surface area contributed by atoms with E-state index >= 15 is 0 Å². The first-order valence-corrected chi connectivity index (χ1v) is 8.26. The molecule has 0 spiro atoms. The largest absolute Gasteiger partial charge is 0.493 e. The highest BCUT2D eigenvalue weighted by atomic mass is 16.7. The van der Waals surface area contributed by atoms with Crippen molar-refractivity contribution in [1.82, 2.24) is 0 Å². The fourth-order valence-corrected chi connectivity index (χ4v) is 3.40. The van der Waals surface area contributed by atoms with Gasteiger partial charge in [-0.3, -0.25) is 4.79 Å². The molecule has 2 heterocycles. The van der Waals surface area contributed by atoms with Gasteiger partial charge in [0, 0.05) is 5.56 Å².